The molecule has 0 fully saturated rings. The molecule has 0 aliphatic carbocycles. The fourth-order valence-electron chi connectivity index (χ4n) is 2.00. The van der Waals surface area contributed by atoms with E-state index in [0.29, 0.717) is 21.2 Å². The molecule has 0 spiro atoms. The second-order valence-electron chi connectivity index (χ2n) is 4.74. The minimum Gasteiger partial charge on any atom is -0.387 e. The summed E-state index contributed by atoms with van der Waals surface area (Å²) >= 11 is 11.8. The number of aliphatic hydroxyl groups excluding tert-OH is 1. The van der Waals surface area contributed by atoms with Crippen LogP contribution < -0.4 is 5.32 Å². The molecule has 1 unspecified atom stereocenters. The van der Waals surface area contributed by atoms with Crippen LogP contribution in [0.4, 0.5) is 0 Å². The number of halogens is 2. The predicted octanol–water partition coefficient (Wildman–Crippen LogP) is 3.77. The van der Waals surface area contributed by atoms with Crippen LogP contribution in [0, 0.1) is 6.92 Å². The smallest absolute Gasteiger partial charge is 0.251 e. The quantitative estimate of drug-likeness (QED) is 0.899. The molecule has 2 N–H and O–H groups in total. The Bertz CT molecular complexity index is 638. The highest BCUT2D eigenvalue weighted by Gasteiger charge is 2.13. The number of aliphatic hydroxyl groups is 1. The van der Waals surface area contributed by atoms with Crippen molar-refractivity contribution in [1.82, 2.24) is 5.32 Å². The number of carbonyl (C=O) groups excluding carboxylic acids is 1. The number of rotatable bonds is 4. The van der Waals surface area contributed by atoms with Crippen LogP contribution in [0.15, 0.2) is 42.5 Å². The highest BCUT2D eigenvalue weighted by atomic mass is 35.5. The SMILES string of the molecule is Cc1ccccc1C(=O)NCC(O)c1cc(Cl)cc(Cl)c1. The molecular formula is C16H15Cl2NO2. The molecule has 3 nitrogen and oxygen atoms in total. The van der Waals surface area contributed by atoms with Crippen LogP contribution >= 0.6 is 23.2 Å². The van der Waals surface area contributed by atoms with Gasteiger partial charge in [0, 0.05) is 22.2 Å². The summed E-state index contributed by atoms with van der Waals surface area (Å²) in [6.07, 6.45) is -0.867. The van der Waals surface area contributed by atoms with Crippen LogP contribution in [0.2, 0.25) is 10.0 Å². The Labute approximate surface area is 133 Å². The zero-order chi connectivity index (χ0) is 15.4. The Kier molecular flexibility index (Phi) is 5.23. The zero-order valence-corrected chi connectivity index (χ0v) is 12.9. The second-order valence-corrected chi connectivity index (χ2v) is 5.62. The standard InChI is InChI=1S/C16H15Cl2NO2/c1-10-4-2-3-5-14(10)16(21)19-9-15(20)11-6-12(17)8-13(18)7-11/h2-8,15,20H,9H2,1H3,(H,19,21). The Hall–Kier alpha value is -1.55. The lowest BCUT2D eigenvalue weighted by Crippen LogP contribution is -2.28. The van der Waals surface area contributed by atoms with E-state index in [1.54, 1.807) is 30.3 Å². The fraction of sp³-hybridized carbons (Fsp3) is 0.188. The molecule has 110 valence electrons. The van der Waals surface area contributed by atoms with Crippen LogP contribution in [0.3, 0.4) is 0 Å². The molecule has 0 heterocycles. The molecule has 1 amide bonds. The fourth-order valence-corrected chi connectivity index (χ4v) is 2.54. The van der Waals surface area contributed by atoms with Crippen molar-refractivity contribution in [1.29, 1.82) is 0 Å². The van der Waals surface area contributed by atoms with Gasteiger partial charge in [0.05, 0.1) is 6.10 Å². The molecule has 0 saturated carbocycles. The van der Waals surface area contributed by atoms with E-state index < -0.39 is 6.10 Å². The maximum absolute atomic E-state index is 12.1. The lowest BCUT2D eigenvalue weighted by Gasteiger charge is -2.14. The van der Waals surface area contributed by atoms with E-state index in [9.17, 15) is 9.90 Å². The summed E-state index contributed by atoms with van der Waals surface area (Å²) in [7, 11) is 0. The van der Waals surface area contributed by atoms with Gasteiger partial charge in [-0.05, 0) is 42.3 Å². The maximum atomic E-state index is 12.1. The number of aryl methyl sites for hydroxylation is 1. The summed E-state index contributed by atoms with van der Waals surface area (Å²) in [4.78, 5) is 12.1. The minimum absolute atomic E-state index is 0.0871. The molecule has 5 heteroatoms. The third kappa shape index (κ3) is 4.21. The average Bonchev–Trinajstić information content (AvgIpc) is 2.43. The van der Waals surface area contributed by atoms with Gasteiger partial charge in [-0.15, -0.1) is 0 Å². The average molecular weight is 324 g/mol. The summed E-state index contributed by atoms with van der Waals surface area (Å²) in [5, 5.41) is 13.7. The lowest BCUT2D eigenvalue weighted by atomic mass is 10.1. The summed E-state index contributed by atoms with van der Waals surface area (Å²) in [6, 6.07) is 12.1. The van der Waals surface area contributed by atoms with Crippen LogP contribution in [0.5, 0.6) is 0 Å². The molecule has 0 saturated heterocycles. The summed E-state index contributed by atoms with van der Waals surface area (Å²) in [5.41, 5.74) is 2.04. The van der Waals surface area contributed by atoms with Gasteiger partial charge in [0.1, 0.15) is 0 Å². The molecule has 0 aliphatic heterocycles. The number of carbonyl (C=O) groups is 1. The molecule has 0 aromatic heterocycles. The highest BCUT2D eigenvalue weighted by Crippen LogP contribution is 2.23. The van der Waals surface area contributed by atoms with Crippen molar-refractivity contribution in [3.05, 3.63) is 69.2 Å². The first-order valence-corrected chi connectivity index (χ1v) is 7.21. The zero-order valence-electron chi connectivity index (χ0n) is 11.4. The van der Waals surface area contributed by atoms with Crippen molar-refractivity contribution in [2.24, 2.45) is 0 Å². The van der Waals surface area contributed by atoms with Crippen LogP contribution in [-0.4, -0.2) is 17.6 Å². The summed E-state index contributed by atoms with van der Waals surface area (Å²) in [5.74, 6) is -0.222. The minimum atomic E-state index is -0.867. The van der Waals surface area contributed by atoms with E-state index >= 15 is 0 Å². The third-order valence-corrected chi connectivity index (χ3v) is 3.55. The van der Waals surface area contributed by atoms with Crippen molar-refractivity contribution < 1.29 is 9.90 Å². The van der Waals surface area contributed by atoms with E-state index in [2.05, 4.69) is 5.32 Å². The molecule has 2 aromatic rings. The first-order chi connectivity index (χ1) is 9.97. The van der Waals surface area contributed by atoms with Crippen molar-refractivity contribution in [3.8, 4) is 0 Å². The number of amides is 1. The summed E-state index contributed by atoms with van der Waals surface area (Å²) in [6.45, 7) is 1.95. The monoisotopic (exact) mass is 323 g/mol. The molecule has 21 heavy (non-hydrogen) atoms. The van der Waals surface area contributed by atoms with Crippen LogP contribution in [0.25, 0.3) is 0 Å². The Morgan fingerprint density at radius 2 is 1.81 bits per heavy atom. The van der Waals surface area contributed by atoms with Crippen LogP contribution in [-0.2, 0) is 0 Å². The number of benzene rings is 2. The Balaban J connectivity index is 2.02. The highest BCUT2D eigenvalue weighted by molar-refractivity contribution is 6.34. The third-order valence-electron chi connectivity index (χ3n) is 3.12. The lowest BCUT2D eigenvalue weighted by molar-refractivity contribution is 0.0915. The van der Waals surface area contributed by atoms with Crippen molar-refractivity contribution in [2.45, 2.75) is 13.0 Å². The Morgan fingerprint density at radius 3 is 2.43 bits per heavy atom. The van der Waals surface area contributed by atoms with E-state index in [1.807, 2.05) is 19.1 Å². The second kappa shape index (κ2) is 6.94. The molecule has 0 radical (unpaired) electrons. The van der Waals surface area contributed by atoms with Gasteiger partial charge < -0.3 is 10.4 Å². The molecule has 0 aliphatic rings. The van der Waals surface area contributed by atoms with Crippen molar-refractivity contribution in [3.63, 3.8) is 0 Å². The first-order valence-electron chi connectivity index (χ1n) is 6.45. The topological polar surface area (TPSA) is 49.3 Å². The van der Waals surface area contributed by atoms with E-state index in [-0.39, 0.29) is 12.5 Å². The van der Waals surface area contributed by atoms with Gasteiger partial charge in [-0.1, -0.05) is 41.4 Å². The number of nitrogens with one attached hydrogen (secondary N) is 1. The molecule has 0 bridgehead atoms. The van der Waals surface area contributed by atoms with Gasteiger partial charge in [-0.2, -0.15) is 0 Å². The normalized spacial score (nSPS) is 12.0. The maximum Gasteiger partial charge on any atom is 0.251 e. The van der Waals surface area contributed by atoms with Gasteiger partial charge in [-0.3, -0.25) is 4.79 Å². The van der Waals surface area contributed by atoms with Gasteiger partial charge >= 0.3 is 0 Å². The largest absolute Gasteiger partial charge is 0.387 e. The van der Waals surface area contributed by atoms with E-state index in [0.717, 1.165) is 5.56 Å². The van der Waals surface area contributed by atoms with Gasteiger partial charge in [0.2, 0.25) is 0 Å². The molecule has 2 rings (SSSR count). The Morgan fingerprint density at radius 1 is 1.19 bits per heavy atom. The molecular weight excluding hydrogens is 309 g/mol. The van der Waals surface area contributed by atoms with Crippen molar-refractivity contribution in [2.75, 3.05) is 6.54 Å². The first kappa shape index (κ1) is 15.8. The summed E-state index contributed by atoms with van der Waals surface area (Å²) < 4.78 is 0. The van der Waals surface area contributed by atoms with Crippen LogP contribution in [0.1, 0.15) is 27.6 Å². The molecule has 2 aromatic carbocycles. The number of hydrogen-bond acceptors (Lipinski definition) is 2. The predicted molar refractivity (Wildman–Crippen MR) is 84.9 cm³/mol. The van der Waals surface area contributed by atoms with E-state index in [1.165, 1.54) is 0 Å². The van der Waals surface area contributed by atoms with E-state index in [4.69, 9.17) is 23.2 Å². The number of hydrogen-bond donors (Lipinski definition) is 2. The van der Waals surface area contributed by atoms with Crippen molar-refractivity contribution >= 4 is 29.1 Å². The van der Waals surface area contributed by atoms with Gasteiger partial charge in [0.25, 0.3) is 5.91 Å². The molecule has 1 atom stereocenters. The van der Waals surface area contributed by atoms with Gasteiger partial charge in [0.15, 0.2) is 0 Å². The van der Waals surface area contributed by atoms with Gasteiger partial charge in [-0.25, -0.2) is 0 Å².